The van der Waals surface area contributed by atoms with Crippen LogP contribution < -0.4 is 5.32 Å². The van der Waals surface area contributed by atoms with Gasteiger partial charge in [0.15, 0.2) is 0 Å². The molecule has 0 radical (unpaired) electrons. The van der Waals surface area contributed by atoms with Crippen LogP contribution in [0.1, 0.15) is 19.3 Å². The molecule has 1 aliphatic rings. The van der Waals surface area contributed by atoms with Crippen molar-refractivity contribution >= 4 is 6.03 Å². The van der Waals surface area contributed by atoms with E-state index >= 15 is 0 Å². The molecule has 7 heteroatoms. The summed E-state index contributed by atoms with van der Waals surface area (Å²) in [5.74, 6) is 0. The summed E-state index contributed by atoms with van der Waals surface area (Å²) < 4.78 is 1.85. The third-order valence-corrected chi connectivity index (χ3v) is 3.62. The van der Waals surface area contributed by atoms with Gasteiger partial charge in [-0.2, -0.15) is 0 Å². The van der Waals surface area contributed by atoms with Crippen LogP contribution in [0, 0.1) is 0 Å². The van der Waals surface area contributed by atoms with E-state index in [1.807, 2.05) is 15.8 Å². The second kappa shape index (κ2) is 7.23. The number of rotatable bonds is 5. The Morgan fingerprint density at radius 3 is 2.75 bits per heavy atom. The highest BCUT2D eigenvalue weighted by Gasteiger charge is 2.23. The number of piperidine rings is 1. The van der Waals surface area contributed by atoms with E-state index in [9.17, 15) is 4.79 Å². The Morgan fingerprint density at radius 2 is 2.15 bits per heavy atom. The average molecular weight is 280 g/mol. The lowest BCUT2D eigenvalue weighted by molar-refractivity contribution is 0.152. The highest BCUT2D eigenvalue weighted by atomic mass is 16.2. The molecule has 2 amide bonds. The fraction of sp³-hybridized carbons (Fsp3) is 0.769. The van der Waals surface area contributed by atoms with Crippen molar-refractivity contribution in [3.05, 3.63) is 12.4 Å². The van der Waals surface area contributed by atoms with Crippen molar-refractivity contribution < 1.29 is 4.79 Å². The fourth-order valence-electron chi connectivity index (χ4n) is 2.46. The molecule has 0 unspecified atom stereocenters. The van der Waals surface area contributed by atoms with E-state index in [1.54, 1.807) is 25.2 Å². The zero-order valence-electron chi connectivity index (χ0n) is 12.3. The number of hydrogen-bond donors (Lipinski definition) is 1. The molecule has 0 bridgehead atoms. The summed E-state index contributed by atoms with van der Waals surface area (Å²) >= 11 is 0. The van der Waals surface area contributed by atoms with E-state index in [4.69, 9.17) is 0 Å². The predicted molar refractivity (Wildman–Crippen MR) is 76.3 cm³/mol. The molecule has 2 heterocycles. The van der Waals surface area contributed by atoms with Crippen LogP contribution in [0.5, 0.6) is 0 Å². The van der Waals surface area contributed by atoms with Gasteiger partial charge in [0.05, 0.1) is 6.20 Å². The summed E-state index contributed by atoms with van der Waals surface area (Å²) in [6.45, 7) is 3.56. The lowest BCUT2D eigenvalue weighted by Gasteiger charge is -2.34. The number of amides is 2. The summed E-state index contributed by atoms with van der Waals surface area (Å²) in [5, 5.41) is 11.3. The zero-order valence-corrected chi connectivity index (χ0v) is 12.3. The molecule has 0 spiro atoms. The van der Waals surface area contributed by atoms with Crippen LogP contribution in [-0.2, 0) is 6.54 Å². The van der Waals surface area contributed by atoms with Crippen LogP contribution in [-0.4, -0.2) is 70.6 Å². The number of nitrogens with one attached hydrogen (secondary N) is 1. The molecule has 7 nitrogen and oxygen atoms in total. The molecule has 1 fully saturated rings. The quantitative estimate of drug-likeness (QED) is 0.793. The Balaban J connectivity index is 1.59. The van der Waals surface area contributed by atoms with Gasteiger partial charge in [0.1, 0.15) is 0 Å². The predicted octanol–water partition coefficient (Wildman–Crippen LogP) is 0.404. The molecule has 1 N–H and O–H groups in total. The van der Waals surface area contributed by atoms with E-state index in [2.05, 4.69) is 15.6 Å². The SMILES string of the molecule is CN(C)C(=O)N1CCC(NCCCn2ccnn2)CC1. The molecular formula is C13H24N6O. The Labute approximate surface area is 119 Å². The van der Waals surface area contributed by atoms with Crippen LogP contribution in [0.4, 0.5) is 4.79 Å². The second-order valence-corrected chi connectivity index (χ2v) is 5.41. The molecule has 0 aliphatic carbocycles. The van der Waals surface area contributed by atoms with Crippen molar-refractivity contribution in [1.82, 2.24) is 30.1 Å². The minimum Gasteiger partial charge on any atom is -0.331 e. The minimum absolute atomic E-state index is 0.120. The van der Waals surface area contributed by atoms with Crippen molar-refractivity contribution in [3.8, 4) is 0 Å². The number of aromatic nitrogens is 3. The smallest absolute Gasteiger partial charge is 0.319 e. The van der Waals surface area contributed by atoms with E-state index in [0.29, 0.717) is 6.04 Å². The number of likely N-dealkylation sites (tertiary alicyclic amines) is 1. The molecule has 2 rings (SSSR count). The molecule has 1 aromatic rings. The second-order valence-electron chi connectivity index (χ2n) is 5.41. The highest BCUT2D eigenvalue weighted by molar-refractivity contribution is 5.73. The van der Waals surface area contributed by atoms with Gasteiger partial charge >= 0.3 is 6.03 Å². The standard InChI is InChI=1S/C13H24N6O/c1-17(2)13(20)18-9-4-12(5-10-18)14-6-3-8-19-11-7-15-16-19/h7,11-12,14H,3-6,8-10H2,1-2H3. The van der Waals surface area contributed by atoms with Crippen LogP contribution in [0.25, 0.3) is 0 Å². The third-order valence-electron chi connectivity index (χ3n) is 3.62. The van der Waals surface area contributed by atoms with Crippen LogP contribution in [0.3, 0.4) is 0 Å². The first-order valence-electron chi connectivity index (χ1n) is 7.20. The number of carbonyl (C=O) groups is 1. The molecular weight excluding hydrogens is 256 g/mol. The van der Waals surface area contributed by atoms with Gasteiger partial charge in [0.2, 0.25) is 0 Å². The minimum atomic E-state index is 0.120. The van der Waals surface area contributed by atoms with Gasteiger partial charge < -0.3 is 15.1 Å². The number of carbonyl (C=O) groups excluding carboxylic acids is 1. The maximum absolute atomic E-state index is 11.8. The first-order chi connectivity index (χ1) is 9.66. The number of nitrogens with zero attached hydrogens (tertiary/aromatic N) is 5. The molecule has 0 atom stereocenters. The van der Waals surface area contributed by atoms with Gasteiger partial charge in [-0.25, -0.2) is 4.79 Å². The number of urea groups is 1. The molecule has 1 aliphatic heterocycles. The zero-order chi connectivity index (χ0) is 14.4. The number of aryl methyl sites for hydroxylation is 1. The highest BCUT2D eigenvalue weighted by Crippen LogP contribution is 2.11. The van der Waals surface area contributed by atoms with Gasteiger partial charge in [-0.1, -0.05) is 5.21 Å². The van der Waals surface area contributed by atoms with Crippen molar-refractivity contribution in [2.45, 2.75) is 31.8 Å². The summed E-state index contributed by atoms with van der Waals surface area (Å²) in [6.07, 6.45) is 6.68. The van der Waals surface area contributed by atoms with Crippen molar-refractivity contribution in [3.63, 3.8) is 0 Å². The Morgan fingerprint density at radius 1 is 1.40 bits per heavy atom. The monoisotopic (exact) mass is 280 g/mol. The molecule has 1 saturated heterocycles. The molecule has 20 heavy (non-hydrogen) atoms. The molecule has 0 saturated carbocycles. The van der Waals surface area contributed by atoms with E-state index in [0.717, 1.165) is 45.4 Å². The first kappa shape index (κ1) is 14.8. The fourth-order valence-corrected chi connectivity index (χ4v) is 2.46. The maximum atomic E-state index is 11.8. The van der Waals surface area contributed by atoms with Gasteiger partial charge in [-0.15, -0.1) is 5.10 Å². The average Bonchev–Trinajstić information content (AvgIpc) is 2.96. The summed E-state index contributed by atoms with van der Waals surface area (Å²) in [4.78, 5) is 15.4. The topological polar surface area (TPSA) is 66.3 Å². The summed E-state index contributed by atoms with van der Waals surface area (Å²) in [7, 11) is 3.60. The van der Waals surface area contributed by atoms with Crippen molar-refractivity contribution in [1.29, 1.82) is 0 Å². The van der Waals surface area contributed by atoms with Crippen molar-refractivity contribution in [2.75, 3.05) is 33.7 Å². The van der Waals surface area contributed by atoms with Crippen LogP contribution >= 0.6 is 0 Å². The van der Waals surface area contributed by atoms with E-state index in [1.165, 1.54) is 0 Å². The molecule has 0 aromatic carbocycles. The van der Waals surface area contributed by atoms with Crippen molar-refractivity contribution in [2.24, 2.45) is 0 Å². The molecule has 112 valence electrons. The Bertz CT molecular complexity index is 397. The largest absolute Gasteiger partial charge is 0.331 e. The lowest BCUT2D eigenvalue weighted by Crippen LogP contribution is -2.48. The van der Waals surface area contributed by atoms with Crippen LogP contribution in [0.2, 0.25) is 0 Å². The maximum Gasteiger partial charge on any atom is 0.319 e. The number of hydrogen-bond acceptors (Lipinski definition) is 4. The normalized spacial score (nSPS) is 16.4. The third kappa shape index (κ3) is 4.19. The molecule has 1 aromatic heterocycles. The Kier molecular flexibility index (Phi) is 5.34. The summed E-state index contributed by atoms with van der Waals surface area (Å²) in [6, 6.07) is 0.645. The van der Waals surface area contributed by atoms with E-state index in [-0.39, 0.29) is 6.03 Å². The van der Waals surface area contributed by atoms with Gasteiger partial charge in [-0.05, 0) is 25.8 Å². The van der Waals surface area contributed by atoms with E-state index < -0.39 is 0 Å². The van der Waals surface area contributed by atoms with Gasteiger partial charge in [0.25, 0.3) is 0 Å². The van der Waals surface area contributed by atoms with Gasteiger partial charge in [0, 0.05) is 46.0 Å². The van der Waals surface area contributed by atoms with Crippen LogP contribution in [0.15, 0.2) is 12.4 Å². The summed E-state index contributed by atoms with van der Waals surface area (Å²) in [5.41, 5.74) is 0. The first-order valence-corrected chi connectivity index (χ1v) is 7.20. The lowest BCUT2D eigenvalue weighted by atomic mass is 10.1. The Hall–Kier alpha value is -1.63. The van der Waals surface area contributed by atoms with Gasteiger partial charge in [-0.3, -0.25) is 4.68 Å².